The van der Waals surface area contributed by atoms with Crippen molar-refractivity contribution in [2.45, 2.75) is 20.0 Å². The van der Waals surface area contributed by atoms with Crippen LogP contribution >= 0.6 is 0 Å². The van der Waals surface area contributed by atoms with Crippen LogP contribution in [0.2, 0.25) is 0 Å². The van der Waals surface area contributed by atoms with Crippen LogP contribution in [0.5, 0.6) is 5.75 Å². The van der Waals surface area contributed by atoms with E-state index in [0.717, 1.165) is 40.9 Å². The van der Waals surface area contributed by atoms with Gasteiger partial charge in [0.1, 0.15) is 12.4 Å². The Morgan fingerprint density at radius 2 is 2.09 bits per heavy atom. The van der Waals surface area contributed by atoms with Crippen molar-refractivity contribution in [2.75, 3.05) is 6.54 Å². The maximum atomic E-state index is 6.05. The van der Waals surface area contributed by atoms with Gasteiger partial charge in [-0.3, -0.25) is 4.98 Å². The standard InChI is InChI=1S/C20H18N2O/c1-14-10-17(19-4-2-3-5-20(19)22-14)13-23-18-7-6-16-12-21-9-8-15(16)11-18/h2-7,10-11,21H,8-9,13H2,1H3. The van der Waals surface area contributed by atoms with Crippen molar-refractivity contribution in [3.63, 3.8) is 0 Å². The highest BCUT2D eigenvalue weighted by molar-refractivity contribution is 5.82. The normalized spacial score (nSPS) is 13.8. The zero-order valence-corrected chi connectivity index (χ0v) is 13.1. The van der Waals surface area contributed by atoms with E-state index in [1.807, 2.05) is 31.2 Å². The lowest BCUT2D eigenvalue weighted by Gasteiger charge is -2.17. The number of para-hydroxylation sites is 1. The molecule has 0 saturated carbocycles. The predicted octanol–water partition coefficient (Wildman–Crippen LogP) is 3.65. The summed E-state index contributed by atoms with van der Waals surface area (Å²) in [5.41, 5.74) is 5.63. The van der Waals surface area contributed by atoms with Crippen molar-refractivity contribution in [1.29, 1.82) is 0 Å². The Morgan fingerprint density at radius 1 is 1.17 bits per heavy atom. The van der Waals surface area contributed by atoms with Crippen molar-refractivity contribution in [3.05, 3.63) is 77.5 Å². The van der Waals surface area contributed by atoms with Crippen molar-refractivity contribution in [2.24, 2.45) is 0 Å². The molecule has 0 amide bonds. The molecule has 1 N–H and O–H groups in total. The van der Waals surface area contributed by atoms with Crippen LogP contribution in [-0.2, 0) is 13.0 Å². The molecule has 2 radical (unpaired) electrons. The molecule has 2 heterocycles. The number of nitrogens with zero attached hydrogens (tertiary/aromatic N) is 1. The number of rotatable bonds is 3. The third-order valence-electron chi connectivity index (χ3n) is 4.14. The molecule has 0 bridgehead atoms. The van der Waals surface area contributed by atoms with Gasteiger partial charge >= 0.3 is 0 Å². The first-order valence-electron chi connectivity index (χ1n) is 7.89. The zero-order valence-electron chi connectivity index (χ0n) is 13.1. The molecular formula is C20H18N2O. The molecule has 4 rings (SSSR count). The van der Waals surface area contributed by atoms with Gasteiger partial charge < -0.3 is 10.1 Å². The first-order chi connectivity index (χ1) is 11.3. The van der Waals surface area contributed by atoms with Crippen LogP contribution in [-0.4, -0.2) is 11.5 Å². The van der Waals surface area contributed by atoms with E-state index in [1.165, 1.54) is 11.1 Å². The minimum atomic E-state index is 0.550. The Balaban J connectivity index is 1.60. The van der Waals surface area contributed by atoms with E-state index in [-0.39, 0.29) is 0 Å². The van der Waals surface area contributed by atoms with E-state index < -0.39 is 0 Å². The second-order valence-corrected chi connectivity index (χ2v) is 5.85. The lowest BCUT2D eigenvalue weighted by Crippen LogP contribution is -2.21. The minimum absolute atomic E-state index is 0.550. The zero-order chi connectivity index (χ0) is 15.6. The molecule has 0 unspecified atom stereocenters. The van der Waals surface area contributed by atoms with Crippen molar-refractivity contribution < 1.29 is 4.74 Å². The van der Waals surface area contributed by atoms with Crippen LogP contribution in [0.4, 0.5) is 0 Å². The quantitative estimate of drug-likeness (QED) is 0.802. The largest absolute Gasteiger partial charge is 0.489 e. The fourth-order valence-electron chi connectivity index (χ4n) is 3.02. The van der Waals surface area contributed by atoms with E-state index in [0.29, 0.717) is 6.61 Å². The summed E-state index contributed by atoms with van der Waals surface area (Å²) in [6.45, 7) is 6.69. The lowest BCUT2D eigenvalue weighted by molar-refractivity contribution is 0.307. The highest BCUT2D eigenvalue weighted by Gasteiger charge is 2.11. The third kappa shape index (κ3) is 2.92. The van der Waals surface area contributed by atoms with Gasteiger partial charge in [0.15, 0.2) is 0 Å². The van der Waals surface area contributed by atoms with E-state index in [9.17, 15) is 0 Å². The summed E-state index contributed by atoms with van der Waals surface area (Å²) in [5, 5.41) is 4.30. The fraction of sp³-hybridized carbons (Fsp3) is 0.200. The lowest BCUT2D eigenvalue weighted by atomic mass is 10.0. The van der Waals surface area contributed by atoms with Crippen molar-refractivity contribution in [1.82, 2.24) is 10.3 Å². The maximum absolute atomic E-state index is 6.05. The Hall–Kier alpha value is -2.39. The van der Waals surface area contributed by atoms with E-state index in [2.05, 4.69) is 41.1 Å². The van der Waals surface area contributed by atoms with E-state index in [4.69, 9.17) is 4.74 Å². The van der Waals surface area contributed by atoms with Crippen molar-refractivity contribution in [3.8, 4) is 5.75 Å². The summed E-state index contributed by atoms with van der Waals surface area (Å²) in [4.78, 5) is 4.58. The number of fused-ring (bicyclic) bond motifs is 2. The number of hydrogen-bond acceptors (Lipinski definition) is 3. The summed E-state index contributed by atoms with van der Waals surface area (Å²) < 4.78 is 6.05. The first-order valence-corrected chi connectivity index (χ1v) is 7.89. The molecule has 1 aliphatic rings. The molecule has 0 fully saturated rings. The van der Waals surface area contributed by atoms with Crippen LogP contribution in [0.25, 0.3) is 10.9 Å². The van der Waals surface area contributed by atoms with Gasteiger partial charge in [0.25, 0.3) is 0 Å². The van der Waals surface area contributed by atoms with Gasteiger partial charge in [-0.1, -0.05) is 24.3 Å². The number of hydrogen-bond donors (Lipinski definition) is 1. The highest BCUT2D eigenvalue weighted by Crippen LogP contribution is 2.24. The Labute approximate surface area is 136 Å². The number of benzene rings is 2. The van der Waals surface area contributed by atoms with E-state index in [1.54, 1.807) is 0 Å². The monoisotopic (exact) mass is 302 g/mol. The van der Waals surface area contributed by atoms with Gasteiger partial charge in [0, 0.05) is 23.2 Å². The maximum Gasteiger partial charge on any atom is 0.120 e. The van der Waals surface area contributed by atoms with Crippen molar-refractivity contribution >= 4 is 10.9 Å². The van der Waals surface area contributed by atoms with Gasteiger partial charge in [0.05, 0.1) is 12.1 Å². The third-order valence-corrected chi connectivity index (χ3v) is 4.14. The Morgan fingerprint density at radius 3 is 3.04 bits per heavy atom. The second kappa shape index (κ2) is 6.01. The SMILES string of the molecule is Cc1cc(COc2ccc3c(c2)CCN[C]3)c2ccccc2n1. The van der Waals surface area contributed by atoms with Gasteiger partial charge in [-0.05, 0) is 48.7 Å². The highest BCUT2D eigenvalue weighted by atomic mass is 16.5. The molecule has 3 aromatic rings. The number of aryl methyl sites for hydroxylation is 1. The Bertz CT molecular complexity index is 857. The number of aromatic nitrogens is 1. The second-order valence-electron chi connectivity index (χ2n) is 5.85. The summed E-state index contributed by atoms with van der Waals surface area (Å²) in [7, 11) is 0. The molecule has 2 aromatic carbocycles. The molecule has 0 spiro atoms. The van der Waals surface area contributed by atoms with Gasteiger partial charge in [-0.15, -0.1) is 0 Å². The summed E-state index contributed by atoms with van der Waals surface area (Å²) in [6.07, 6.45) is 1.01. The first kappa shape index (κ1) is 14.2. The van der Waals surface area contributed by atoms with E-state index >= 15 is 0 Å². The van der Waals surface area contributed by atoms with Crippen LogP contribution in [0.1, 0.15) is 22.4 Å². The average Bonchev–Trinajstić information content (AvgIpc) is 2.59. The average molecular weight is 302 g/mol. The topological polar surface area (TPSA) is 34.1 Å². The van der Waals surface area contributed by atoms with Crippen LogP contribution < -0.4 is 10.1 Å². The molecule has 3 nitrogen and oxygen atoms in total. The predicted molar refractivity (Wildman–Crippen MR) is 91.3 cm³/mol. The molecule has 3 heteroatoms. The number of pyridine rings is 1. The van der Waals surface area contributed by atoms with Crippen LogP contribution in [0, 0.1) is 13.5 Å². The molecule has 114 valence electrons. The summed E-state index contributed by atoms with van der Waals surface area (Å²) in [6, 6.07) is 16.5. The van der Waals surface area contributed by atoms with Gasteiger partial charge in [-0.2, -0.15) is 0 Å². The molecule has 1 aliphatic heterocycles. The fourth-order valence-corrected chi connectivity index (χ4v) is 3.02. The molecule has 1 aromatic heterocycles. The van der Waals surface area contributed by atoms with Crippen LogP contribution in [0.3, 0.4) is 0 Å². The Kier molecular flexibility index (Phi) is 3.72. The number of nitrogens with one attached hydrogen (secondary N) is 1. The summed E-state index contributed by atoms with van der Waals surface area (Å²) >= 11 is 0. The molecular weight excluding hydrogens is 284 g/mol. The number of ether oxygens (including phenoxy) is 1. The summed E-state index contributed by atoms with van der Waals surface area (Å²) in [5.74, 6) is 0.908. The smallest absolute Gasteiger partial charge is 0.120 e. The van der Waals surface area contributed by atoms with Crippen LogP contribution in [0.15, 0.2) is 48.5 Å². The molecule has 0 aliphatic carbocycles. The molecule has 0 saturated heterocycles. The van der Waals surface area contributed by atoms with Gasteiger partial charge in [-0.25, -0.2) is 0 Å². The minimum Gasteiger partial charge on any atom is -0.489 e. The van der Waals surface area contributed by atoms with Gasteiger partial charge in [0.2, 0.25) is 0 Å². The molecule has 0 atom stereocenters. The molecule has 23 heavy (non-hydrogen) atoms.